The molecular weight excluding hydrogens is 282 g/mol. The number of aromatic nitrogens is 2. The lowest BCUT2D eigenvalue weighted by Crippen LogP contribution is -2.15. The van der Waals surface area contributed by atoms with Crippen LogP contribution in [0.5, 0.6) is 0 Å². The van der Waals surface area contributed by atoms with Crippen molar-refractivity contribution in [2.24, 2.45) is 5.73 Å². The molecule has 0 radical (unpaired) electrons. The van der Waals surface area contributed by atoms with E-state index >= 15 is 0 Å². The second kappa shape index (κ2) is 5.10. The van der Waals surface area contributed by atoms with Crippen molar-refractivity contribution in [3.63, 3.8) is 0 Å². The summed E-state index contributed by atoms with van der Waals surface area (Å²) in [4.78, 5) is 16.5. The molecule has 1 aliphatic carbocycles. The molecule has 3 rings (SSSR count). The summed E-state index contributed by atoms with van der Waals surface area (Å²) in [6.45, 7) is 3.90. The molecule has 2 aromatic heterocycles. The van der Waals surface area contributed by atoms with Crippen LogP contribution in [0.15, 0.2) is 22.7 Å². The van der Waals surface area contributed by atoms with Crippen molar-refractivity contribution in [2.75, 3.05) is 11.1 Å². The van der Waals surface area contributed by atoms with Gasteiger partial charge in [0, 0.05) is 17.2 Å². The Labute approximate surface area is 128 Å². The van der Waals surface area contributed by atoms with Crippen LogP contribution in [0.2, 0.25) is 0 Å². The van der Waals surface area contributed by atoms with Gasteiger partial charge in [-0.05, 0) is 31.9 Å². The van der Waals surface area contributed by atoms with Crippen molar-refractivity contribution in [2.45, 2.75) is 38.1 Å². The van der Waals surface area contributed by atoms with Crippen LogP contribution < -0.4 is 16.8 Å². The highest BCUT2D eigenvalue weighted by Gasteiger charge is 2.40. The molecule has 7 heteroatoms. The van der Waals surface area contributed by atoms with Gasteiger partial charge in [-0.2, -0.15) is 0 Å². The maximum atomic E-state index is 12.1. The lowest BCUT2D eigenvalue weighted by molar-refractivity contribution is 0.101. The molecule has 5 N–H and O–H groups in total. The minimum Gasteiger partial charge on any atom is -0.382 e. The predicted octanol–water partition coefficient (Wildman–Crippen LogP) is 1.98. The fraction of sp³-hybridized carbons (Fsp3) is 0.400. The molecule has 2 aromatic rings. The van der Waals surface area contributed by atoms with Gasteiger partial charge in [-0.3, -0.25) is 4.79 Å². The Morgan fingerprint density at radius 1 is 1.45 bits per heavy atom. The van der Waals surface area contributed by atoms with Crippen molar-refractivity contribution in [1.82, 2.24) is 10.1 Å². The summed E-state index contributed by atoms with van der Waals surface area (Å²) in [6, 6.07) is 4.86. The van der Waals surface area contributed by atoms with Crippen LogP contribution in [0.4, 0.5) is 11.5 Å². The van der Waals surface area contributed by atoms with Gasteiger partial charge in [0.15, 0.2) is 11.5 Å². The second-order valence-corrected chi connectivity index (χ2v) is 6.05. The Kier molecular flexibility index (Phi) is 3.37. The van der Waals surface area contributed by atoms with Gasteiger partial charge < -0.3 is 21.3 Å². The lowest BCUT2D eigenvalue weighted by atomic mass is 10.0. The molecule has 22 heavy (non-hydrogen) atoms. The van der Waals surface area contributed by atoms with Crippen LogP contribution in [-0.2, 0) is 5.41 Å². The van der Waals surface area contributed by atoms with E-state index in [1.165, 1.54) is 6.07 Å². The van der Waals surface area contributed by atoms with E-state index in [-0.39, 0.29) is 17.2 Å². The van der Waals surface area contributed by atoms with Gasteiger partial charge in [-0.15, -0.1) is 0 Å². The molecule has 0 bridgehead atoms. The fourth-order valence-corrected chi connectivity index (χ4v) is 2.16. The van der Waals surface area contributed by atoms with Crippen LogP contribution in [0.1, 0.15) is 54.7 Å². The maximum absolute atomic E-state index is 12.1. The third kappa shape index (κ3) is 2.67. The highest BCUT2D eigenvalue weighted by Crippen LogP contribution is 2.47. The summed E-state index contributed by atoms with van der Waals surface area (Å²) in [5, 5.41) is 6.39. The SMILES string of the molecule is CC(N)c1cc(C(=O)Nc2ccc(C3(C)CC3)nc2N)no1. The van der Waals surface area contributed by atoms with Gasteiger partial charge >= 0.3 is 0 Å². The normalized spacial score (nSPS) is 17.0. The van der Waals surface area contributed by atoms with E-state index in [4.69, 9.17) is 16.0 Å². The lowest BCUT2D eigenvalue weighted by Gasteiger charge is -2.11. The van der Waals surface area contributed by atoms with Crippen molar-refractivity contribution < 1.29 is 9.32 Å². The summed E-state index contributed by atoms with van der Waals surface area (Å²) < 4.78 is 5.00. The second-order valence-electron chi connectivity index (χ2n) is 6.05. The van der Waals surface area contributed by atoms with Crippen molar-refractivity contribution in [1.29, 1.82) is 0 Å². The first kappa shape index (κ1) is 14.5. The number of hydrogen-bond acceptors (Lipinski definition) is 6. The number of nitrogen functional groups attached to an aromatic ring is 1. The van der Waals surface area contributed by atoms with Crippen molar-refractivity contribution in [3.8, 4) is 0 Å². The van der Waals surface area contributed by atoms with E-state index in [1.54, 1.807) is 13.0 Å². The number of anilines is 2. The molecule has 1 amide bonds. The van der Waals surface area contributed by atoms with Gasteiger partial charge in [0.25, 0.3) is 5.91 Å². The van der Waals surface area contributed by atoms with E-state index in [0.717, 1.165) is 18.5 Å². The summed E-state index contributed by atoms with van der Waals surface area (Å²) in [6.07, 6.45) is 2.23. The topological polar surface area (TPSA) is 120 Å². The Morgan fingerprint density at radius 3 is 2.73 bits per heavy atom. The zero-order valence-electron chi connectivity index (χ0n) is 12.6. The largest absolute Gasteiger partial charge is 0.382 e. The van der Waals surface area contributed by atoms with E-state index in [2.05, 4.69) is 22.4 Å². The van der Waals surface area contributed by atoms with Crippen molar-refractivity contribution in [3.05, 3.63) is 35.3 Å². The molecular formula is C15H19N5O2. The van der Waals surface area contributed by atoms with Crippen LogP contribution in [0.25, 0.3) is 0 Å². The summed E-state index contributed by atoms with van der Waals surface area (Å²) >= 11 is 0. The van der Waals surface area contributed by atoms with Crippen molar-refractivity contribution >= 4 is 17.4 Å². The predicted molar refractivity (Wildman–Crippen MR) is 82.3 cm³/mol. The molecule has 0 aliphatic heterocycles. The first-order chi connectivity index (χ1) is 10.4. The number of carbonyl (C=O) groups is 1. The van der Waals surface area contributed by atoms with Gasteiger partial charge in [0.1, 0.15) is 5.82 Å². The Balaban J connectivity index is 1.76. The van der Waals surface area contributed by atoms with E-state index in [9.17, 15) is 4.79 Å². The van der Waals surface area contributed by atoms with Gasteiger partial charge in [-0.1, -0.05) is 12.1 Å². The molecule has 2 heterocycles. The van der Waals surface area contributed by atoms with E-state index in [0.29, 0.717) is 17.3 Å². The standard InChI is InChI=1S/C15H19N5O2/c1-8(16)11-7-10(20-22-11)14(21)18-9-3-4-12(19-13(9)17)15(2)5-6-15/h3-4,7-8H,5-6,16H2,1-2H3,(H2,17,19)(H,18,21). The smallest absolute Gasteiger partial charge is 0.277 e. The third-order valence-corrected chi connectivity index (χ3v) is 4.00. The fourth-order valence-electron chi connectivity index (χ4n) is 2.16. The zero-order chi connectivity index (χ0) is 15.9. The maximum Gasteiger partial charge on any atom is 0.277 e. The van der Waals surface area contributed by atoms with E-state index < -0.39 is 5.91 Å². The Bertz CT molecular complexity index is 718. The quantitative estimate of drug-likeness (QED) is 0.794. The van der Waals surface area contributed by atoms with Gasteiger partial charge in [0.05, 0.1) is 11.7 Å². The number of carbonyl (C=O) groups excluding carboxylic acids is 1. The van der Waals surface area contributed by atoms with Crippen LogP contribution in [0.3, 0.4) is 0 Å². The van der Waals surface area contributed by atoms with Gasteiger partial charge in [0.2, 0.25) is 0 Å². The van der Waals surface area contributed by atoms with Crippen LogP contribution in [0, 0.1) is 0 Å². The summed E-state index contributed by atoms with van der Waals surface area (Å²) in [5.41, 5.74) is 13.3. The number of amides is 1. The molecule has 1 aliphatic rings. The molecule has 0 spiro atoms. The summed E-state index contributed by atoms with van der Waals surface area (Å²) in [7, 11) is 0. The molecule has 7 nitrogen and oxygen atoms in total. The zero-order valence-corrected chi connectivity index (χ0v) is 12.6. The summed E-state index contributed by atoms with van der Waals surface area (Å²) in [5.74, 6) is 0.345. The minimum absolute atomic E-state index is 0.134. The first-order valence-corrected chi connectivity index (χ1v) is 7.19. The number of pyridine rings is 1. The average Bonchev–Trinajstić information content (AvgIpc) is 3.04. The first-order valence-electron chi connectivity index (χ1n) is 7.19. The molecule has 1 saturated carbocycles. The molecule has 1 unspecified atom stereocenters. The number of nitrogens with zero attached hydrogens (tertiary/aromatic N) is 2. The molecule has 116 valence electrons. The van der Waals surface area contributed by atoms with Crippen LogP contribution >= 0.6 is 0 Å². The minimum atomic E-state index is -0.408. The molecule has 0 aromatic carbocycles. The van der Waals surface area contributed by atoms with E-state index in [1.807, 2.05) is 6.07 Å². The number of nitrogens with two attached hydrogens (primary N) is 2. The Morgan fingerprint density at radius 2 is 2.18 bits per heavy atom. The highest BCUT2D eigenvalue weighted by molar-refractivity contribution is 6.04. The number of rotatable bonds is 4. The number of hydrogen-bond donors (Lipinski definition) is 3. The molecule has 0 saturated heterocycles. The molecule has 1 fully saturated rings. The van der Waals surface area contributed by atoms with Gasteiger partial charge in [-0.25, -0.2) is 4.98 Å². The highest BCUT2D eigenvalue weighted by atomic mass is 16.5. The number of nitrogens with one attached hydrogen (secondary N) is 1. The monoisotopic (exact) mass is 301 g/mol. The van der Waals surface area contributed by atoms with Crippen LogP contribution in [-0.4, -0.2) is 16.0 Å². The Hall–Kier alpha value is -2.41. The molecule has 1 atom stereocenters. The third-order valence-electron chi connectivity index (χ3n) is 4.00. The average molecular weight is 301 g/mol.